The number of nitrogens with zero attached hydrogens (tertiary/aromatic N) is 5. The Morgan fingerprint density at radius 3 is 2.35 bits per heavy atom. The summed E-state index contributed by atoms with van der Waals surface area (Å²) in [4.78, 5) is 50.1. The van der Waals surface area contributed by atoms with Crippen LogP contribution in [0.5, 0.6) is 0 Å². The van der Waals surface area contributed by atoms with Crippen molar-refractivity contribution in [3.05, 3.63) is 62.7 Å². The zero-order chi connectivity index (χ0) is 35.9. The highest BCUT2D eigenvalue weighted by atomic mass is 32.2. The fraction of sp³-hybridized carbons (Fsp3) is 0.545. The molecule has 2 aromatic heterocycles. The highest BCUT2D eigenvalue weighted by molar-refractivity contribution is 7.99. The second-order valence-electron chi connectivity index (χ2n) is 13.5. The van der Waals surface area contributed by atoms with E-state index in [0.29, 0.717) is 17.7 Å². The predicted molar refractivity (Wildman–Crippen MR) is 177 cm³/mol. The van der Waals surface area contributed by atoms with Crippen LogP contribution in [-0.2, 0) is 17.5 Å². The number of thioether (sulfide) groups is 1. The van der Waals surface area contributed by atoms with Gasteiger partial charge in [0.2, 0.25) is 0 Å². The Bertz CT molecular complexity index is 1840. The molecule has 2 unspecified atom stereocenters. The van der Waals surface area contributed by atoms with Gasteiger partial charge in [-0.1, -0.05) is 6.08 Å². The molecule has 3 aromatic rings. The molecular weight excluding hydrogens is 671 g/mol. The van der Waals surface area contributed by atoms with Gasteiger partial charge in [-0.15, -0.1) is 11.8 Å². The lowest BCUT2D eigenvalue weighted by molar-refractivity contribution is -0.137. The topological polar surface area (TPSA) is 113 Å². The smallest absolute Gasteiger partial charge is 0.417 e. The second kappa shape index (κ2) is 13.8. The van der Waals surface area contributed by atoms with Gasteiger partial charge in [-0.3, -0.25) is 9.47 Å². The molecule has 1 aliphatic carbocycles. The van der Waals surface area contributed by atoms with Crippen LogP contribution in [0.25, 0.3) is 16.5 Å². The number of carbonyl (C=O) groups is 1. The number of rotatable bonds is 2. The number of aromatic nitrogens is 4. The summed E-state index contributed by atoms with van der Waals surface area (Å²) in [5.74, 6) is -2.38. The summed E-state index contributed by atoms with van der Waals surface area (Å²) >= 11 is 1.22. The number of halogens is 5. The highest BCUT2D eigenvalue weighted by Crippen LogP contribution is 2.49. The van der Waals surface area contributed by atoms with Crippen molar-refractivity contribution in [1.82, 2.24) is 24.4 Å². The van der Waals surface area contributed by atoms with Crippen LogP contribution in [0.3, 0.4) is 0 Å². The van der Waals surface area contributed by atoms with Crippen molar-refractivity contribution in [2.24, 2.45) is 0 Å². The van der Waals surface area contributed by atoms with E-state index in [4.69, 9.17) is 4.74 Å². The minimum absolute atomic E-state index is 0.112. The molecular formula is C33H39F5N6O4S. The molecule has 0 spiro atoms. The SMILES string of the molecule is CC1CN(c2nc(=O)n3c4c(c(C5=CCC(F)(F)CC5)c(C(F)(F)F)cc24)SCCC3)CC(C)N1C(=O)OC(C)(C)C.O=c1nccc[nH]1. The fourth-order valence-electron chi connectivity index (χ4n) is 6.42. The minimum Gasteiger partial charge on any atom is -0.444 e. The molecule has 0 radical (unpaired) electrons. The lowest BCUT2D eigenvalue weighted by Gasteiger charge is -2.45. The van der Waals surface area contributed by atoms with Gasteiger partial charge in [-0.25, -0.2) is 28.1 Å². The summed E-state index contributed by atoms with van der Waals surface area (Å²) < 4.78 is 79.1. The summed E-state index contributed by atoms with van der Waals surface area (Å²) in [6, 6.07) is 1.91. The number of aromatic amines is 1. The van der Waals surface area contributed by atoms with Crippen LogP contribution in [0.2, 0.25) is 0 Å². The van der Waals surface area contributed by atoms with Crippen molar-refractivity contribution in [3.63, 3.8) is 0 Å². The first-order valence-electron chi connectivity index (χ1n) is 16.0. The Morgan fingerprint density at radius 1 is 1.12 bits per heavy atom. The monoisotopic (exact) mass is 710 g/mol. The van der Waals surface area contributed by atoms with Gasteiger partial charge >= 0.3 is 23.6 Å². The Labute approximate surface area is 283 Å². The van der Waals surface area contributed by atoms with Crippen molar-refractivity contribution in [1.29, 1.82) is 0 Å². The number of amides is 1. The van der Waals surface area contributed by atoms with Crippen molar-refractivity contribution in [2.75, 3.05) is 23.7 Å². The molecule has 0 saturated carbocycles. The van der Waals surface area contributed by atoms with Gasteiger partial charge < -0.3 is 14.6 Å². The Hall–Kier alpha value is -3.95. The number of piperazine rings is 1. The summed E-state index contributed by atoms with van der Waals surface area (Å²) in [5, 5.41) is 0.182. The van der Waals surface area contributed by atoms with E-state index in [2.05, 4.69) is 15.0 Å². The number of alkyl halides is 5. The number of hydrogen-bond donors (Lipinski definition) is 1. The van der Waals surface area contributed by atoms with E-state index >= 15 is 0 Å². The zero-order valence-electron chi connectivity index (χ0n) is 27.9. The van der Waals surface area contributed by atoms with Crippen molar-refractivity contribution in [2.45, 2.75) is 102 Å². The predicted octanol–water partition coefficient (Wildman–Crippen LogP) is 6.72. The van der Waals surface area contributed by atoms with Gasteiger partial charge in [0.25, 0.3) is 5.92 Å². The minimum atomic E-state index is -4.78. The molecule has 1 fully saturated rings. The summed E-state index contributed by atoms with van der Waals surface area (Å²) in [6.07, 6.45) is -1.90. The standard InChI is InChI=1S/C29H35F5N4O3S.C4H4N2O/c1-16-14-36(15-17(2)38(16)26(40)41-27(3,4)5)24-19-13-20(29(32,33)34)21(18-7-9-28(30,31)10-8-18)23-22(19)37(25(39)35-24)11-6-12-42-23;7-4-5-2-1-3-6-4/h7,13,16-17H,6,8-12,14-15H2,1-5H3;1-3H,(H,5,6,7). The van der Waals surface area contributed by atoms with Gasteiger partial charge in [0, 0.05) is 60.7 Å². The molecule has 10 nitrogen and oxygen atoms in total. The lowest BCUT2D eigenvalue weighted by atomic mass is 9.87. The van der Waals surface area contributed by atoms with Crippen molar-refractivity contribution in [3.8, 4) is 0 Å². The van der Waals surface area contributed by atoms with E-state index in [1.54, 1.807) is 36.6 Å². The van der Waals surface area contributed by atoms with Crippen LogP contribution in [0.15, 0.2) is 45.1 Å². The summed E-state index contributed by atoms with van der Waals surface area (Å²) in [5.41, 5.74) is -2.04. The molecule has 4 heterocycles. The molecule has 266 valence electrons. The first-order chi connectivity index (χ1) is 22.9. The molecule has 16 heteroatoms. The number of carbonyl (C=O) groups excluding carboxylic acids is 1. The average molecular weight is 711 g/mol. The third-order valence-electron chi connectivity index (χ3n) is 8.41. The van der Waals surface area contributed by atoms with Crippen molar-refractivity contribution >= 4 is 40.1 Å². The Kier molecular flexibility index (Phi) is 10.2. The number of hydrogen-bond acceptors (Lipinski definition) is 8. The van der Waals surface area contributed by atoms with Crippen LogP contribution in [-0.4, -0.2) is 73.0 Å². The van der Waals surface area contributed by atoms with E-state index in [9.17, 15) is 36.3 Å². The van der Waals surface area contributed by atoms with Crippen LogP contribution < -0.4 is 16.3 Å². The van der Waals surface area contributed by atoms with Crippen LogP contribution in [0.1, 0.15) is 71.4 Å². The van der Waals surface area contributed by atoms with E-state index < -0.39 is 47.9 Å². The number of allylic oxidation sites excluding steroid dienone is 2. The quantitative estimate of drug-likeness (QED) is 0.292. The number of H-pyrrole nitrogens is 1. The molecule has 1 aromatic carbocycles. The van der Waals surface area contributed by atoms with Crippen LogP contribution in [0.4, 0.5) is 32.6 Å². The van der Waals surface area contributed by atoms with Crippen LogP contribution in [0, 0.1) is 0 Å². The van der Waals surface area contributed by atoms with E-state index in [-0.39, 0.29) is 71.1 Å². The Balaban J connectivity index is 0.000000595. The first kappa shape index (κ1) is 36.3. The van der Waals surface area contributed by atoms with Gasteiger partial charge in [-0.2, -0.15) is 18.2 Å². The van der Waals surface area contributed by atoms with Gasteiger partial charge in [0.05, 0.1) is 23.2 Å². The molecule has 49 heavy (non-hydrogen) atoms. The summed E-state index contributed by atoms with van der Waals surface area (Å²) in [6.45, 7) is 9.67. The number of nitrogens with one attached hydrogen (secondary N) is 1. The van der Waals surface area contributed by atoms with Crippen LogP contribution >= 0.6 is 11.8 Å². The molecule has 3 aliphatic rings. The molecule has 2 aliphatic heterocycles. The van der Waals surface area contributed by atoms with Gasteiger partial charge in [-0.05, 0) is 70.9 Å². The number of aryl methyl sites for hydroxylation is 1. The molecule has 6 rings (SSSR count). The van der Waals surface area contributed by atoms with Gasteiger partial charge in [0.1, 0.15) is 11.4 Å². The highest BCUT2D eigenvalue weighted by Gasteiger charge is 2.41. The maximum absolute atomic E-state index is 14.7. The molecule has 2 atom stereocenters. The number of anilines is 1. The maximum Gasteiger partial charge on any atom is 0.417 e. The molecule has 1 N–H and O–H groups in total. The fourth-order valence-corrected chi connectivity index (χ4v) is 7.64. The van der Waals surface area contributed by atoms with Gasteiger partial charge in [0.15, 0.2) is 0 Å². The van der Waals surface area contributed by atoms with E-state index in [1.165, 1.54) is 34.8 Å². The second-order valence-corrected chi connectivity index (χ2v) is 14.6. The normalized spacial score (nSPS) is 21.0. The first-order valence-corrected chi connectivity index (χ1v) is 17.0. The number of benzene rings is 1. The molecule has 1 amide bonds. The molecule has 1 saturated heterocycles. The number of ether oxygens (including phenoxy) is 1. The zero-order valence-corrected chi connectivity index (χ0v) is 28.7. The maximum atomic E-state index is 14.7. The third-order valence-corrected chi connectivity index (χ3v) is 9.59. The van der Waals surface area contributed by atoms with Crippen molar-refractivity contribution < 1.29 is 31.5 Å². The van der Waals surface area contributed by atoms with E-state index in [0.717, 1.165) is 6.07 Å². The van der Waals surface area contributed by atoms with E-state index in [1.807, 2.05) is 13.8 Å². The lowest BCUT2D eigenvalue weighted by Crippen LogP contribution is -2.59. The molecule has 0 bridgehead atoms. The largest absolute Gasteiger partial charge is 0.444 e. The average Bonchev–Trinajstić information content (AvgIpc) is 3.22. The Morgan fingerprint density at radius 2 is 1.82 bits per heavy atom. The third kappa shape index (κ3) is 8.10. The summed E-state index contributed by atoms with van der Waals surface area (Å²) in [7, 11) is 0.